The molecule has 3 fully saturated rings. The number of alkyl halides is 3. The van der Waals surface area contributed by atoms with Crippen molar-refractivity contribution in [2.24, 2.45) is 0 Å². The van der Waals surface area contributed by atoms with Gasteiger partial charge in [0.1, 0.15) is 18.2 Å². The maximum atomic E-state index is 13.3. The molecule has 224 valence electrons. The van der Waals surface area contributed by atoms with Crippen LogP contribution in [0.5, 0.6) is 0 Å². The number of hydrogen-bond donors (Lipinski definition) is 2. The molecule has 0 aliphatic carbocycles. The molecule has 0 unspecified atom stereocenters. The van der Waals surface area contributed by atoms with Gasteiger partial charge in [0.2, 0.25) is 0 Å². The molecule has 3 aromatic heterocycles. The van der Waals surface area contributed by atoms with E-state index in [-0.39, 0.29) is 23.6 Å². The van der Waals surface area contributed by atoms with Crippen molar-refractivity contribution >= 4 is 40.1 Å². The highest BCUT2D eigenvalue weighted by Crippen LogP contribution is 2.36. The lowest BCUT2D eigenvalue weighted by molar-refractivity contribution is -0.141. The fourth-order valence-corrected chi connectivity index (χ4v) is 5.67. The molecular formula is C28H28F3N9O3. The quantitative estimate of drug-likeness (QED) is 0.342. The van der Waals surface area contributed by atoms with Crippen molar-refractivity contribution in [2.75, 3.05) is 59.9 Å². The van der Waals surface area contributed by atoms with Gasteiger partial charge in [0, 0.05) is 30.9 Å². The number of anilines is 4. The Hall–Kier alpha value is -4.50. The molecule has 6 heterocycles. The Morgan fingerprint density at radius 3 is 2.44 bits per heavy atom. The zero-order chi connectivity index (χ0) is 29.6. The number of nitrogens with zero attached hydrogens (tertiary/aromatic N) is 7. The largest absolute Gasteiger partial charge is 0.408 e. The Balaban J connectivity index is 1.09. The van der Waals surface area contributed by atoms with Gasteiger partial charge in [-0.1, -0.05) is 0 Å². The average molecular weight is 596 g/mol. The number of urea groups is 1. The topological polar surface area (TPSA) is 123 Å². The van der Waals surface area contributed by atoms with E-state index in [9.17, 15) is 18.0 Å². The molecule has 2 bridgehead atoms. The fourth-order valence-electron chi connectivity index (χ4n) is 5.67. The molecule has 12 nitrogen and oxygen atoms in total. The van der Waals surface area contributed by atoms with Crippen molar-refractivity contribution in [3.63, 3.8) is 0 Å². The zero-order valence-electron chi connectivity index (χ0n) is 22.9. The molecule has 3 aliphatic heterocycles. The molecule has 1 aromatic carbocycles. The number of carbonyl (C=O) groups excluding carboxylic acids is 1. The number of aromatic nitrogens is 5. The number of halogens is 3. The second kappa shape index (κ2) is 11.0. The minimum atomic E-state index is -4.46. The summed E-state index contributed by atoms with van der Waals surface area (Å²) in [5.74, 6) is 1.62. The number of benzene rings is 1. The number of amides is 2. The van der Waals surface area contributed by atoms with E-state index in [0.717, 1.165) is 30.0 Å². The van der Waals surface area contributed by atoms with Crippen LogP contribution in [0.25, 0.3) is 22.4 Å². The molecule has 7 rings (SSSR count). The molecule has 2 atom stereocenters. The first-order valence-electron chi connectivity index (χ1n) is 13.9. The van der Waals surface area contributed by atoms with Crippen LogP contribution in [-0.2, 0) is 16.0 Å². The van der Waals surface area contributed by atoms with E-state index in [1.807, 2.05) is 6.07 Å². The number of pyridine rings is 1. The summed E-state index contributed by atoms with van der Waals surface area (Å²) in [4.78, 5) is 30.5. The van der Waals surface area contributed by atoms with Crippen LogP contribution < -0.4 is 20.4 Å². The molecule has 3 saturated heterocycles. The van der Waals surface area contributed by atoms with Crippen LogP contribution in [0.1, 0.15) is 6.42 Å². The van der Waals surface area contributed by atoms with E-state index >= 15 is 0 Å². The van der Waals surface area contributed by atoms with Crippen molar-refractivity contribution in [3.05, 3.63) is 48.8 Å². The standard InChI is InChI=1S/C28H28F3N9O3/c29-28(30,31)16-40-26-22(13-33-40)25(39-14-21-11-20(39)15-43-21)36-24(37-26)17-1-3-18(4-2-17)34-27(41)35-19-5-6-23(32-12-19)38-7-9-42-10-8-38/h1-6,12-13,20-21H,7-11,14-16H2,(H2,34,35,41)/t20-,21-/m0/s1. The number of hydrogen-bond acceptors (Lipinski definition) is 9. The summed E-state index contributed by atoms with van der Waals surface area (Å²) in [7, 11) is 0. The van der Waals surface area contributed by atoms with E-state index < -0.39 is 18.8 Å². The van der Waals surface area contributed by atoms with E-state index in [1.54, 1.807) is 36.5 Å². The summed E-state index contributed by atoms with van der Waals surface area (Å²) in [5.41, 5.74) is 1.74. The monoisotopic (exact) mass is 595 g/mol. The molecule has 0 spiro atoms. The second-order valence-corrected chi connectivity index (χ2v) is 10.7. The molecule has 43 heavy (non-hydrogen) atoms. The van der Waals surface area contributed by atoms with Crippen LogP contribution in [0.4, 0.5) is 41.0 Å². The van der Waals surface area contributed by atoms with Gasteiger partial charge in [-0.05, 0) is 42.8 Å². The maximum Gasteiger partial charge on any atom is 0.408 e. The Bertz CT molecular complexity index is 1620. The number of nitrogens with one attached hydrogen (secondary N) is 2. The lowest BCUT2D eigenvalue weighted by Gasteiger charge is -2.28. The van der Waals surface area contributed by atoms with Gasteiger partial charge in [-0.15, -0.1) is 0 Å². The van der Waals surface area contributed by atoms with Gasteiger partial charge in [-0.3, -0.25) is 0 Å². The molecular weight excluding hydrogens is 567 g/mol. The highest BCUT2D eigenvalue weighted by molar-refractivity contribution is 5.99. The van der Waals surface area contributed by atoms with Gasteiger partial charge in [0.05, 0.1) is 55.4 Å². The van der Waals surface area contributed by atoms with Gasteiger partial charge in [0.15, 0.2) is 11.5 Å². The Kier molecular flexibility index (Phi) is 6.97. The van der Waals surface area contributed by atoms with E-state index in [1.165, 1.54) is 6.20 Å². The van der Waals surface area contributed by atoms with Crippen LogP contribution in [0.3, 0.4) is 0 Å². The minimum Gasteiger partial charge on any atom is -0.378 e. The first-order chi connectivity index (χ1) is 20.8. The van der Waals surface area contributed by atoms with E-state index in [2.05, 4.69) is 35.5 Å². The van der Waals surface area contributed by atoms with Gasteiger partial charge in [-0.25, -0.2) is 24.4 Å². The normalized spacial score (nSPS) is 20.2. The van der Waals surface area contributed by atoms with E-state index in [0.29, 0.717) is 54.5 Å². The maximum absolute atomic E-state index is 13.3. The Morgan fingerprint density at radius 1 is 1.00 bits per heavy atom. The third-order valence-corrected chi connectivity index (χ3v) is 7.72. The first kappa shape index (κ1) is 27.3. The molecule has 4 aromatic rings. The summed E-state index contributed by atoms with van der Waals surface area (Å²) >= 11 is 0. The highest BCUT2D eigenvalue weighted by atomic mass is 19.4. The summed E-state index contributed by atoms with van der Waals surface area (Å²) in [6.07, 6.45) is -0.559. The van der Waals surface area contributed by atoms with Crippen LogP contribution in [0.2, 0.25) is 0 Å². The zero-order valence-corrected chi connectivity index (χ0v) is 22.9. The lowest BCUT2D eigenvalue weighted by Crippen LogP contribution is -2.37. The van der Waals surface area contributed by atoms with Crippen molar-refractivity contribution in [1.82, 2.24) is 24.7 Å². The summed E-state index contributed by atoms with van der Waals surface area (Å²) in [6, 6.07) is 10.1. The van der Waals surface area contributed by atoms with Gasteiger partial charge in [-0.2, -0.15) is 18.3 Å². The molecule has 2 amide bonds. The van der Waals surface area contributed by atoms with Crippen molar-refractivity contribution < 1.29 is 27.4 Å². The summed E-state index contributed by atoms with van der Waals surface area (Å²) < 4.78 is 51.8. The predicted octanol–water partition coefficient (Wildman–Crippen LogP) is 3.91. The third kappa shape index (κ3) is 5.77. The van der Waals surface area contributed by atoms with Crippen LogP contribution in [-0.4, -0.2) is 88.5 Å². The number of carbonyl (C=O) groups is 1. The molecule has 0 radical (unpaired) electrons. The minimum absolute atomic E-state index is 0.0682. The summed E-state index contributed by atoms with van der Waals surface area (Å²) in [6.45, 7) is 2.72. The smallest absolute Gasteiger partial charge is 0.378 e. The Labute approximate surface area is 243 Å². The number of ether oxygens (including phenoxy) is 2. The first-order valence-corrected chi connectivity index (χ1v) is 13.9. The Morgan fingerprint density at radius 2 is 1.77 bits per heavy atom. The predicted molar refractivity (Wildman–Crippen MR) is 152 cm³/mol. The van der Waals surface area contributed by atoms with Crippen LogP contribution in [0, 0.1) is 0 Å². The molecule has 2 N–H and O–H groups in total. The van der Waals surface area contributed by atoms with Crippen LogP contribution >= 0.6 is 0 Å². The number of fused-ring (bicyclic) bond motifs is 3. The molecule has 15 heteroatoms. The SMILES string of the molecule is O=C(Nc1ccc(-c2nc(N3C[C@@H]4C[C@H]3CO4)c3cnn(CC(F)(F)F)c3n2)cc1)Nc1ccc(N2CCOCC2)nc1. The van der Waals surface area contributed by atoms with Crippen LogP contribution in [0.15, 0.2) is 48.8 Å². The molecule has 3 aliphatic rings. The van der Waals surface area contributed by atoms with Crippen molar-refractivity contribution in [2.45, 2.75) is 31.3 Å². The molecule has 0 saturated carbocycles. The number of rotatable bonds is 6. The fraction of sp³-hybridized carbons (Fsp3) is 0.393. The van der Waals surface area contributed by atoms with Crippen molar-refractivity contribution in [3.8, 4) is 11.4 Å². The van der Waals surface area contributed by atoms with Gasteiger partial charge >= 0.3 is 12.2 Å². The van der Waals surface area contributed by atoms with Gasteiger partial charge < -0.3 is 29.9 Å². The van der Waals surface area contributed by atoms with E-state index in [4.69, 9.17) is 14.5 Å². The second-order valence-electron chi connectivity index (χ2n) is 10.7. The summed E-state index contributed by atoms with van der Waals surface area (Å²) in [5, 5.41) is 9.99. The number of morpholine rings is 2. The lowest BCUT2D eigenvalue weighted by atomic mass is 10.2. The van der Waals surface area contributed by atoms with Crippen molar-refractivity contribution in [1.29, 1.82) is 0 Å². The van der Waals surface area contributed by atoms with Gasteiger partial charge in [0.25, 0.3) is 0 Å². The highest BCUT2D eigenvalue weighted by Gasteiger charge is 2.41. The third-order valence-electron chi connectivity index (χ3n) is 7.72. The average Bonchev–Trinajstić information content (AvgIpc) is 3.74.